The van der Waals surface area contributed by atoms with Gasteiger partial charge in [0.15, 0.2) is 0 Å². The summed E-state index contributed by atoms with van der Waals surface area (Å²) in [6.45, 7) is 1.91. The van der Waals surface area contributed by atoms with Crippen LogP contribution in [-0.4, -0.2) is 29.5 Å². The molecule has 1 aliphatic heterocycles. The predicted octanol–water partition coefficient (Wildman–Crippen LogP) is 0.653. The lowest BCUT2D eigenvalue weighted by Crippen LogP contribution is -2.27. The molecule has 1 saturated heterocycles. The van der Waals surface area contributed by atoms with Crippen LogP contribution in [-0.2, 0) is 9.84 Å². The van der Waals surface area contributed by atoms with Gasteiger partial charge in [-0.3, -0.25) is 0 Å². The second-order valence-corrected chi connectivity index (χ2v) is 6.70. The minimum Gasteiger partial charge on any atom is -0.330 e. The Morgan fingerprint density at radius 1 is 1.50 bits per heavy atom. The molecule has 16 heavy (non-hydrogen) atoms. The van der Waals surface area contributed by atoms with Gasteiger partial charge in [0.1, 0.15) is 9.84 Å². The molecule has 0 radical (unpaired) electrons. The first-order chi connectivity index (χ1) is 7.49. The molecular formula is C10H17N3O2S. The van der Waals surface area contributed by atoms with E-state index in [1.807, 2.05) is 11.5 Å². The molecule has 0 unspecified atom stereocenters. The van der Waals surface area contributed by atoms with Gasteiger partial charge in [-0.15, -0.1) is 0 Å². The highest BCUT2D eigenvalue weighted by molar-refractivity contribution is 7.91. The van der Waals surface area contributed by atoms with E-state index in [0.717, 1.165) is 5.69 Å². The Hall–Kier alpha value is -0.880. The van der Waals surface area contributed by atoms with Crippen LogP contribution in [0.25, 0.3) is 0 Å². The molecule has 0 spiro atoms. The van der Waals surface area contributed by atoms with Crippen molar-refractivity contribution in [1.29, 1.82) is 0 Å². The minimum absolute atomic E-state index is 0.0685. The Bertz CT molecular complexity index is 450. The van der Waals surface area contributed by atoms with Gasteiger partial charge in [-0.2, -0.15) is 0 Å². The van der Waals surface area contributed by atoms with Crippen molar-refractivity contribution in [2.45, 2.75) is 31.8 Å². The first-order valence-corrected chi connectivity index (χ1v) is 7.29. The van der Waals surface area contributed by atoms with Crippen LogP contribution in [0.5, 0.6) is 0 Å². The second-order valence-electron chi connectivity index (χ2n) is 4.40. The predicted molar refractivity (Wildman–Crippen MR) is 61.8 cm³/mol. The lowest BCUT2D eigenvalue weighted by molar-refractivity contribution is 0.432. The summed E-state index contributed by atoms with van der Waals surface area (Å²) >= 11 is 0. The molecule has 0 aromatic carbocycles. The van der Waals surface area contributed by atoms with E-state index in [-0.39, 0.29) is 23.6 Å². The molecule has 6 heteroatoms. The average Bonchev–Trinajstić information content (AvgIpc) is 2.66. The summed E-state index contributed by atoms with van der Waals surface area (Å²) in [5.41, 5.74) is 6.82. The van der Waals surface area contributed by atoms with Crippen molar-refractivity contribution in [3.8, 4) is 0 Å². The summed E-state index contributed by atoms with van der Waals surface area (Å²) in [5, 5.41) is 0. The fourth-order valence-corrected chi connectivity index (χ4v) is 3.59. The second kappa shape index (κ2) is 4.18. The summed E-state index contributed by atoms with van der Waals surface area (Å²) in [6, 6.07) is 0.160. The van der Waals surface area contributed by atoms with Gasteiger partial charge < -0.3 is 10.3 Å². The fourth-order valence-electron chi connectivity index (χ4n) is 2.13. The zero-order valence-electron chi connectivity index (χ0n) is 9.33. The molecule has 90 valence electrons. The summed E-state index contributed by atoms with van der Waals surface area (Å²) in [4.78, 5) is 4.09. The molecule has 1 fully saturated rings. The van der Waals surface area contributed by atoms with Gasteiger partial charge >= 0.3 is 0 Å². The summed E-state index contributed by atoms with van der Waals surface area (Å²) in [5.74, 6) is 0.544. The third-order valence-corrected chi connectivity index (χ3v) is 4.80. The first-order valence-electron chi connectivity index (χ1n) is 5.47. The van der Waals surface area contributed by atoms with Crippen molar-refractivity contribution in [2.75, 3.05) is 11.5 Å². The molecule has 5 nitrogen and oxygen atoms in total. The van der Waals surface area contributed by atoms with Crippen LogP contribution in [0.15, 0.2) is 12.5 Å². The number of imidazole rings is 1. The van der Waals surface area contributed by atoms with Gasteiger partial charge in [0.05, 0.1) is 23.5 Å². The van der Waals surface area contributed by atoms with Crippen molar-refractivity contribution < 1.29 is 8.42 Å². The molecule has 2 N–H and O–H groups in total. The van der Waals surface area contributed by atoms with E-state index in [1.165, 1.54) is 0 Å². The van der Waals surface area contributed by atoms with E-state index in [4.69, 9.17) is 5.73 Å². The Balaban J connectivity index is 2.17. The normalized spacial score (nSPS) is 23.1. The monoisotopic (exact) mass is 243 g/mol. The lowest BCUT2D eigenvalue weighted by Gasteiger charge is -2.25. The Labute approximate surface area is 95.6 Å². The molecular weight excluding hydrogens is 226 g/mol. The van der Waals surface area contributed by atoms with Crippen molar-refractivity contribution >= 4 is 9.84 Å². The highest BCUT2D eigenvalue weighted by Crippen LogP contribution is 2.26. The zero-order chi connectivity index (χ0) is 11.8. The van der Waals surface area contributed by atoms with Gasteiger partial charge in [-0.25, -0.2) is 13.4 Å². The molecule has 2 heterocycles. The fraction of sp³-hybridized carbons (Fsp3) is 0.700. The Morgan fingerprint density at radius 3 is 2.69 bits per heavy atom. The maximum atomic E-state index is 11.3. The SMILES string of the molecule is C[C@@H](N)c1cncn1C1CCS(=O)(=O)CC1. The maximum absolute atomic E-state index is 11.3. The smallest absolute Gasteiger partial charge is 0.150 e. The van der Waals surface area contributed by atoms with Crippen LogP contribution >= 0.6 is 0 Å². The number of rotatable bonds is 2. The molecule has 1 aromatic heterocycles. The van der Waals surface area contributed by atoms with Gasteiger partial charge in [0.25, 0.3) is 0 Å². The molecule has 2 rings (SSSR count). The first kappa shape index (κ1) is 11.6. The van der Waals surface area contributed by atoms with Crippen molar-refractivity contribution in [3.63, 3.8) is 0 Å². The van der Waals surface area contributed by atoms with Crippen molar-refractivity contribution in [3.05, 3.63) is 18.2 Å². The van der Waals surface area contributed by atoms with E-state index in [1.54, 1.807) is 12.5 Å². The molecule has 1 atom stereocenters. The van der Waals surface area contributed by atoms with E-state index in [2.05, 4.69) is 4.98 Å². The highest BCUT2D eigenvalue weighted by Gasteiger charge is 2.26. The number of sulfone groups is 1. The van der Waals surface area contributed by atoms with Crippen LogP contribution in [0.3, 0.4) is 0 Å². The largest absolute Gasteiger partial charge is 0.330 e. The molecule has 0 bridgehead atoms. The zero-order valence-corrected chi connectivity index (χ0v) is 10.2. The van der Waals surface area contributed by atoms with Crippen LogP contribution in [0.4, 0.5) is 0 Å². The third-order valence-electron chi connectivity index (χ3n) is 3.08. The highest BCUT2D eigenvalue weighted by atomic mass is 32.2. The van der Waals surface area contributed by atoms with Crippen LogP contribution in [0.1, 0.15) is 37.5 Å². The standard InChI is InChI=1S/C10H17N3O2S/c1-8(11)10-6-12-7-13(10)9-2-4-16(14,15)5-3-9/h6-9H,2-5,11H2,1H3/t8-/m1/s1. The number of nitrogens with two attached hydrogens (primary N) is 1. The minimum atomic E-state index is -2.80. The van der Waals surface area contributed by atoms with Crippen molar-refractivity contribution in [1.82, 2.24) is 9.55 Å². The Kier molecular flexibility index (Phi) is 3.03. The maximum Gasteiger partial charge on any atom is 0.150 e. The van der Waals surface area contributed by atoms with E-state index >= 15 is 0 Å². The summed E-state index contributed by atoms with van der Waals surface area (Å²) in [7, 11) is -2.80. The van der Waals surface area contributed by atoms with Gasteiger partial charge in [0.2, 0.25) is 0 Å². The van der Waals surface area contributed by atoms with Gasteiger partial charge in [-0.05, 0) is 19.8 Å². The summed E-state index contributed by atoms with van der Waals surface area (Å²) < 4.78 is 24.7. The number of aromatic nitrogens is 2. The number of hydrogen-bond donors (Lipinski definition) is 1. The molecule has 1 aliphatic rings. The number of hydrogen-bond acceptors (Lipinski definition) is 4. The van der Waals surface area contributed by atoms with Crippen LogP contribution in [0.2, 0.25) is 0 Å². The van der Waals surface area contributed by atoms with Crippen molar-refractivity contribution in [2.24, 2.45) is 5.73 Å². The number of nitrogens with zero attached hydrogens (tertiary/aromatic N) is 2. The quantitative estimate of drug-likeness (QED) is 0.827. The lowest BCUT2D eigenvalue weighted by atomic mass is 10.1. The third kappa shape index (κ3) is 2.27. The van der Waals surface area contributed by atoms with E-state index < -0.39 is 9.84 Å². The molecule has 1 aromatic rings. The van der Waals surface area contributed by atoms with Gasteiger partial charge in [-0.1, -0.05) is 0 Å². The van der Waals surface area contributed by atoms with Crippen LogP contribution in [0, 0.1) is 0 Å². The topological polar surface area (TPSA) is 78.0 Å². The van der Waals surface area contributed by atoms with E-state index in [0.29, 0.717) is 12.8 Å². The van der Waals surface area contributed by atoms with Crippen LogP contribution < -0.4 is 5.73 Å². The molecule has 0 aliphatic carbocycles. The average molecular weight is 243 g/mol. The molecule has 0 amide bonds. The Morgan fingerprint density at radius 2 is 2.12 bits per heavy atom. The van der Waals surface area contributed by atoms with Gasteiger partial charge in [0, 0.05) is 18.3 Å². The summed E-state index contributed by atoms with van der Waals surface area (Å²) in [6.07, 6.45) is 4.84. The van der Waals surface area contributed by atoms with E-state index in [9.17, 15) is 8.42 Å². The molecule has 0 saturated carbocycles.